The van der Waals surface area contributed by atoms with E-state index in [-0.39, 0.29) is 15.8 Å². The fourth-order valence-corrected chi connectivity index (χ4v) is 3.74. The smallest absolute Gasteiger partial charge is 0.243 e. The molecule has 0 bridgehead atoms. The molecule has 0 spiro atoms. The summed E-state index contributed by atoms with van der Waals surface area (Å²) >= 11 is 0. The normalized spacial score (nSPS) is 17.4. The zero-order chi connectivity index (χ0) is 14.3. The first kappa shape index (κ1) is 14.4. The van der Waals surface area contributed by atoms with Crippen LogP contribution in [0, 0.1) is 0 Å². The van der Waals surface area contributed by atoms with Crippen LogP contribution in [0.3, 0.4) is 0 Å². The first-order chi connectivity index (χ1) is 8.73. The predicted octanol–water partition coefficient (Wildman–Crippen LogP) is -1.07. The Balaban J connectivity index is 2.40. The van der Waals surface area contributed by atoms with Crippen molar-refractivity contribution in [2.75, 3.05) is 20.1 Å². The van der Waals surface area contributed by atoms with E-state index in [2.05, 4.69) is 5.32 Å². The highest BCUT2D eigenvalue weighted by Crippen LogP contribution is 2.20. The Morgan fingerprint density at radius 3 is 2.26 bits per heavy atom. The predicted molar refractivity (Wildman–Crippen MR) is 69.4 cm³/mol. The van der Waals surface area contributed by atoms with Gasteiger partial charge in [0.25, 0.3) is 0 Å². The number of benzene rings is 1. The molecule has 1 aliphatic heterocycles. The summed E-state index contributed by atoms with van der Waals surface area (Å²) in [6.45, 7) is 1.18. The van der Waals surface area contributed by atoms with E-state index in [1.165, 1.54) is 29.6 Å². The van der Waals surface area contributed by atoms with Gasteiger partial charge in [-0.15, -0.1) is 0 Å². The molecule has 1 aliphatic rings. The van der Waals surface area contributed by atoms with Gasteiger partial charge in [0, 0.05) is 26.2 Å². The summed E-state index contributed by atoms with van der Waals surface area (Å²) < 4.78 is 48.3. The molecule has 19 heavy (non-hydrogen) atoms. The molecule has 7 nitrogen and oxygen atoms in total. The van der Waals surface area contributed by atoms with E-state index in [1.54, 1.807) is 0 Å². The Labute approximate surface area is 112 Å². The van der Waals surface area contributed by atoms with Crippen LogP contribution < -0.4 is 10.5 Å². The van der Waals surface area contributed by atoms with Gasteiger partial charge >= 0.3 is 0 Å². The summed E-state index contributed by atoms with van der Waals surface area (Å²) in [6.07, 6.45) is 0. The SMILES string of the molecule is CN(C1CNC1)S(=O)(=O)c1cccc(S(N)(=O)=O)c1. The highest BCUT2D eigenvalue weighted by atomic mass is 32.2. The third-order valence-corrected chi connectivity index (χ3v) is 5.90. The lowest BCUT2D eigenvalue weighted by atomic mass is 10.2. The first-order valence-corrected chi connectivity index (χ1v) is 8.53. The quantitative estimate of drug-likeness (QED) is 0.736. The van der Waals surface area contributed by atoms with Crippen molar-refractivity contribution in [2.45, 2.75) is 15.8 Å². The second-order valence-corrected chi connectivity index (χ2v) is 7.91. The minimum absolute atomic E-state index is 0.0755. The maximum absolute atomic E-state index is 12.3. The number of likely N-dealkylation sites (N-methyl/N-ethyl adjacent to an activating group) is 1. The van der Waals surface area contributed by atoms with Crippen LogP contribution in [0.4, 0.5) is 0 Å². The zero-order valence-corrected chi connectivity index (χ0v) is 11.9. The Hall–Kier alpha value is -1.00. The van der Waals surface area contributed by atoms with Gasteiger partial charge in [-0.25, -0.2) is 22.0 Å². The highest BCUT2D eigenvalue weighted by molar-refractivity contribution is 7.90. The third-order valence-electron chi connectivity index (χ3n) is 3.09. The first-order valence-electron chi connectivity index (χ1n) is 5.54. The van der Waals surface area contributed by atoms with Crippen molar-refractivity contribution < 1.29 is 16.8 Å². The molecule has 0 atom stereocenters. The van der Waals surface area contributed by atoms with Crippen LogP contribution in [-0.4, -0.2) is 47.3 Å². The summed E-state index contributed by atoms with van der Waals surface area (Å²) in [5.74, 6) is 0. The van der Waals surface area contributed by atoms with Crippen molar-refractivity contribution in [3.05, 3.63) is 24.3 Å². The molecule has 106 valence electrons. The molecule has 1 heterocycles. The van der Waals surface area contributed by atoms with E-state index in [4.69, 9.17) is 5.14 Å². The molecule has 9 heteroatoms. The molecular formula is C10H15N3O4S2. The molecule has 1 fully saturated rings. The van der Waals surface area contributed by atoms with E-state index >= 15 is 0 Å². The fourth-order valence-electron chi connectivity index (χ4n) is 1.70. The maximum atomic E-state index is 12.3. The summed E-state index contributed by atoms with van der Waals surface area (Å²) in [6, 6.07) is 4.95. The summed E-state index contributed by atoms with van der Waals surface area (Å²) in [5, 5.41) is 7.98. The Morgan fingerprint density at radius 2 is 1.79 bits per heavy atom. The van der Waals surface area contributed by atoms with Crippen molar-refractivity contribution in [1.29, 1.82) is 0 Å². The highest BCUT2D eigenvalue weighted by Gasteiger charge is 2.32. The largest absolute Gasteiger partial charge is 0.313 e. The van der Waals surface area contributed by atoms with Crippen LogP contribution in [0.25, 0.3) is 0 Å². The van der Waals surface area contributed by atoms with Gasteiger partial charge in [-0.1, -0.05) is 6.07 Å². The molecule has 2 rings (SSSR count). The number of hydrogen-bond donors (Lipinski definition) is 2. The third kappa shape index (κ3) is 2.79. The van der Waals surface area contributed by atoms with Crippen molar-refractivity contribution in [2.24, 2.45) is 5.14 Å². The zero-order valence-electron chi connectivity index (χ0n) is 10.3. The van der Waals surface area contributed by atoms with Crippen molar-refractivity contribution >= 4 is 20.0 Å². The Bertz CT molecular complexity index is 680. The van der Waals surface area contributed by atoms with Crippen molar-refractivity contribution in [1.82, 2.24) is 9.62 Å². The number of sulfonamides is 2. The van der Waals surface area contributed by atoms with Gasteiger partial charge in [0.2, 0.25) is 20.0 Å². The summed E-state index contributed by atoms with van der Waals surface area (Å²) in [7, 11) is -6.15. The monoisotopic (exact) mass is 305 g/mol. The van der Waals surface area contributed by atoms with Crippen LogP contribution >= 0.6 is 0 Å². The standard InChI is InChI=1S/C10H15N3O4S2/c1-13(8-6-12-7-8)19(16,17)10-4-2-3-9(5-10)18(11,14)15/h2-5,8,12H,6-7H2,1H3,(H2,11,14,15). The number of nitrogens with two attached hydrogens (primary N) is 1. The van der Waals surface area contributed by atoms with Gasteiger partial charge < -0.3 is 5.32 Å². The van der Waals surface area contributed by atoms with Gasteiger partial charge in [0.05, 0.1) is 9.79 Å². The van der Waals surface area contributed by atoms with Gasteiger partial charge in [0.1, 0.15) is 0 Å². The topological polar surface area (TPSA) is 110 Å². The Kier molecular flexibility index (Phi) is 3.67. The van der Waals surface area contributed by atoms with E-state index in [1.807, 2.05) is 0 Å². The molecule has 0 unspecified atom stereocenters. The molecular weight excluding hydrogens is 290 g/mol. The van der Waals surface area contributed by atoms with E-state index in [9.17, 15) is 16.8 Å². The molecule has 1 aromatic carbocycles. The summed E-state index contributed by atoms with van der Waals surface area (Å²) in [5.41, 5.74) is 0. The van der Waals surface area contributed by atoms with E-state index in [0.29, 0.717) is 13.1 Å². The van der Waals surface area contributed by atoms with Crippen LogP contribution in [0.1, 0.15) is 0 Å². The number of hydrogen-bond acceptors (Lipinski definition) is 5. The molecule has 0 saturated carbocycles. The summed E-state index contributed by atoms with van der Waals surface area (Å²) in [4.78, 5) is -0.290. The van der Waals surface area contributed by atoms with Crippen LogP contribution in [-0.2, 0) is 20.0 Å². The molecule has 1 aromatic rings. The minimum atomic E-state index is -3.92. The van der Waals surface area contributed by atoms with Gasteiger partial charge in [-0.3, -0.25) is 0 Å². The lowest BCUT2D eigenvalue weighted by molar-refractivity contribution is 0.274. The second kappa shape index (κ2) is 4.84. The number of nitrogens with one attached hydrogen (secondary N) is 1. The number of primary sulfonamides is 1. The average molecular weight is 305 g/mol. The number of nitrogens with zero attached hydrogens (tertiary/aromatic N) is 1. The molecule has 1 saturated heterocycles. The molecule has 0 radical (unpaired) electrons. The van der Waals surface area contributed by atoms with Gasteiger partial charge in [-0.2, -0.15) is 4.31 Å². The average Bonchev–Trinajstić information content (AvgIpc) is 2.25. The van der Waals surface area contributed by atoms with Gasteiger partial charge in [-0.05, 0) is 18.2 Å². The minimum Gasteiger partial charge on any atom is -0.313 e. The second-order valence-electron chi connectivity index (χ2n) is 4.35. The van der Waals surface area contributed by atoms with Crippen LogP contribution in [0.2, 0.25) is 0 Å². The van der Waals surface area contributed by atoms with Crippen molar-refractivity contribution in [3.63, 3.8) is 0 Å². The van der Waals surface area contributed by atoms with E-state index < -0.39 is 20.0 Å². The number of rotatable bonds is 4. The van der Waals surface area contributed by atoms with Crippen LogP contribution in [0.15, 0.2) is 34.1 Å². The Morgan fingerprint density at radius 1 is 1.21 bits per heavy atom. The lowest BCUT2D eigenvalue weighted by Crippen LogP contribution is -2.57. The molecule has 0 amide bonds. The molecule has 0 aromatic heterocycles. The lowest BCUT2D eigenvalue weighted by Gasteiger charge is -2.34. The fraction of sp³-hybridized carbons (Fsp3) is 0.400. The van der Waals surface area contributed by atoms with Crippen molar-refractivity contribution in [3.8, 4) is 0 Å². The molecule has 0 aliphatic carbocycles. The van der Waals surface area contributed by atoms with E-state index in [0.717, 1.165) is 6.07 Å². The molecule has 3 N–H and O–H groups in total. The maximum Gasteiger partial charge on any atom is 0.243 e. The van der Waals surface area contributed by atoms with Gasteiger partial charge in [0.15, 0.2) is 0 Å². The van der Waals surface area contributed by atoms with Crippen LogP contribution in [0.5, 0.6) is 0 Å².